The number of hydrogen-bond donors (Lipinski definition) is 0. The molecule has 0 unspecified atom stereocenters. The molecule has 1 aromatic rings. The number of rotatable bonds is 4. The lowest BCUT2D eigenvalue weighted by molar-refractivity contribution is -0.155. The van der Waals surface area contributed by atoms with Crippen LogP contribution in [0.15, 0.2) is 30.3 Å². The Morgan fingerprint density at radius 3 is 2.53 bits per heavy atom. The zero-order valence-corrected chi connectivity index (χ0v) is 11.6. The Balaban J connectivity index is 2.31. The molecule has 0 radical (unpaired) electrons. The van der Waals surface area contributed by atoms with Crippen molar-refractivity contribution in [3.63, 3.8) is 0 Å². The van der Waals surface area contributed by atoms with E-state index in [9.17, 15) is 9.59 Å². The van der Waals surface area contributed by atoms with E-state index in [0.717, 1.165) is 5.56 Å². The fraction of sp³-hybridized carbons (Fsp3) is 0.467. The average molecular weight is 261 g/mol. The summed E-state index contributed by atoms with van der Waals surface area (Å²) < 4.78 is 4.86. The molecule has 2 atom stereocenters. The number of esters is 1. The Labute approximate surface area is 113 Å². The molecule has 0 spiro atoms. The second-order valence-corrected chi connectivity index (χ2v) is 4.95. The van der Waals surface area contributed by atoms with E-state index >= 15 is 0 Å². The van der Waals surface area contributed by atoms with Gasteiger partial charge in [0.2, 0.25) is 5.91 Å². The Morgan fingerprint density at radius 1 is 1.37 bits per heavy atom. The largest absolute Gasteiger partial charge is 0.468 e. The predicted octanol–water partition coefficient (Wildman–Crippen LogP) is 1.81. The van der Waals surface area contributed by atoms with Gasteiger partial charge in [-0.05, 0) is 18.9 Å². The van der Waals surface area contributed by atoms with Crippen molar-refractivity contribution >= 4 is 11.9 Å². The first-order valence-corrected chi connectivity index (χ1v) is 6.46. The van der Waals surface area contributed by atoms with Crippen molar-refractivity contribution in [2.24, 2.45) is 5.41 Å². The normalized spacial score (nSPS) is 24.7. The van der Waals surface area contributed by atoms with E-state index < -0.39 is 11.4 Å². The maximum absolute atomic E-state index is 12.5. The number of carbonyl (C=O) groups excluding carboxylic acids is 2. The summed E-state index contributed by atoms with van der Waals surface area (Å²) in [6, 6.07) is 9.67. The van der Waals surface area contributed by atoms with Gasteiger partial charge in [0.25, 0.3) is 0 Å². The molecule has 1 aliphatic carbocycles. The summed E-state index contributed by atoms with van der Waals surface area (Å²) in [5.74, 6) is -0.634. The summed E-state index contributed by atoms with van der Waals surface area (Å²) in [6.07, 6.45) is 0.535. The molecule has 0 bridgehead atoms. The molecule has 2 rings (SSSR count). The number of amides is 1. The van der Waals surface area contributed by atoms with Crippen LogP contribution in [0, 0.1) is 5.41 Å². The van der Waals surface area contributed by atoms with Crippen molar-refractivity contribution in [3.8, 4) is 0 Å². The minimum Gasteiger partial charge on any atom is -0.468 e. The van der Waals surface area contributed by atoms with E-state index in [1.165, 1.54) is 7.11 Å². The van der Waals surface area contributed by atoms with Crippen molar-refractivity contribution in [2.45, 2.75) is 19.3 Å². The van der Waals surface area contributed by atoms with Crippen LogP contribution in [0.3, 0.4) is 0 Å². The van der Waals surface area contributed by atoms with Crippen molar-refractivity contribution in [1.29, 1.82) is 0 Å². The average Bonchev–Trinajstić information content (AvgIpc) is 3.22. The van der Waals surface area contributed by atoms with Crippen LogP contribution in [0.4, 0.5) is 0 Å². The summed E-state index contributed by atoms with van der Waals surface area (Å²) in [5.41, 5.74) is 0.00618. The first kappa shape index (κ1) is 13.6. The van der Waals surface area contributed by atoms with E-state index in [4.69, 9.17) is 4.74 Å². The van der Waals surface area contributed by atoms with Gasteiger partial charge in [0.05, 0.1) is 7.11 Å². The molecule has 19 heavy (non-hydrogen) atoms. The molecular weight excluding hydrogens is 242 g/mol. The number of benzene rings is 1. The molecule has 0 N–H and O–H groups in total. The van der Waals surface area contributed by atoms with Crippen LogP contribution in [-0.2, 0) is 14.3 Å². The third-order valence-electron chi connectivity index (χ3n) is 3.92. The van der Waals surface area contributed by atoms with E-state index in [1.54, 1.807) is 11.9 Å². The van der Waals surface area contributed by atoms with Crippen molar-refractivity contribution < 1.29 is 14.3 Å². The Bertz CT molecular complexity index is 485. The van der Waals surface area contributed by atoms with Gasteiger partial charge in [0.15, 0.2) is 5.41 Å². The predicted molar refractivity (Wildman–Crippen MR) is 71.6 cm³/mol. The van der Waals surface area contributed by atoms with Gasteiger partial charge in [-0.1, -0.05) is 30.3 Å². The SMILES string of the molecule is CCN(C)C(=O)[C@@]1(C(=O)OC)C[C@@H]1c1ccccc1. The number of ether oxygens (including phenoxy) is 1. The van der Waals surface area contributed by atoms with Crippen molar-refractivity contribution in [1.82, 2.24) is 4.90 Å². The third kappa shape index (κ3) is 2.11. The molecule has 4 nitrogen and oxygen atoms in total. The van der Waals surface area contributed by atoms with E-state index in [0.29, 0.717) is 13.0 Å². The Hall–Kier alpha value is -1.84. The minimum absolute atomic E-state index is 0.0670. The Kier molecular flexibility index (Phi) is 3.60. The lowest BCUT2D eigenvalue weighted by Gasteiger charge is -2.21. The summed E-state index contributed by atoms with van der Waals surface area (Å²) in [6.45, 7) is 2.47. The highest BCUT2D eigenvalue weighted by atomic mass is 16.5. The fourth-order valence-corrected chi connectivity index (χ4v) is 2.57. The molecular formula is C15H19NO3. The second-order valence-electron chi connectivity index (χ2n) is 4.95. The van der Waals surface area contributed by atoms with E-state index in [1.807, 2.05) is 37.3 Å². The van der Waals surface area contributed by atoms with Gasteiger partial charge in [-0.3, -0.25) is 9.59 Å². The molecule has 1 amide bonds. The van der Waals surface area contributed by atoms with Crippen LogP contribution in [0.5, 0.6) is 0 Å². The van der Waals surface area contributed by atoms with Gasteiger partial charge in [-0.15, -0.1) is 0 Å². The lowest BCUT2D eigenvalue weighted by Crippen LogP contribution is -2.40. The molecule has 1 aromatic carbocycles. The topological polar surface area (TPSA) is 46.6 Å². The monoisotopic (exact) mass is 261 g/mol. The highest BCUT2D eigenvalue weighted by Crippen LogP contribution is 2.60. The smallest absolute Gasteiger partial charge is 0.322 e. The van der Waals surface area contributed by atoms with Crippen LogP contribution in [0.1, 0.15) is 24.8 Å². The highest BCUT2D eigenvalue weighted by molar-refractivity contribution is 6.07. The molecule has 0 aliphatic heterocycles. The third-order valence-corrected chi connectivity index (χ3v) is 3.92. The van der Waals surface area contributed by atoms with Gasteiger partial charge in [-0.25, -0.2) is 0 Å². The van der Waals surface area contributed by atoms with Gasteiger partial charge < -0.3 is 9.64 Å². The molecule has 0 saturated heterocycles. The molecule has 1 aliphatic rings. The first-order chi connectivity index (χ1) is 9.07. The highest BCUT2D eigenvalue weighted by Gasteiger charge is 2.67. The molecule has 0 heterocycles. The maximum Gasteiger partial charge on any atom is 0.322 e. The van der Waals surface area contributed by atoms with E-state index in [2.05, 4.69) is 0 Å². The maximum atomic E-state index is 12.5. The summed E-state index contributed by atoms with van der Waals surface area (Å²) >= 11 is 0. The van der Waals surface area contributed by atoms with Crippen LogP contribution >= 0.6 is 0 Å². The first-order valence-electron chi connectivity index (χ1n) is 6.46. The van der Waals surface area contributed by atoms with Crippen molar-refractivity contribution in [2.75, 3.05) is 20.7 Å². The van der Waals surface area contributed by atoms with Crippen LogP contribution in [-0.4, -0.2) is 37.5 Å². The molecule has 1 fully saturated rings. The summed E-state index contributed by atoms with van der Waals surface area (Å²) in [5, 5.41) is 0. The summed E-state index contributed by atoms with van der Waals surface area (Å²) in [4.78, 5) is 26.1. The molecule has 0 aromatic heterocycles. The number of carbonyl (C=O) groups is 2. The van der Waals surface area contributed by atoms with Crippen LogP contribution in [0.2, 0.25) is 0 Å². The number of nitrogens with zero attached hydrogens (tertiary/aromatic N) is 1. The van der Waals surface area contributed by atoms with Crippen LogP contribution < -0.4 is 0 Å². The van der Waals surface area contributed by atoms with Gasteiger partial charge in [0, 0.05) is 19.5 Å². The van der Waals surface area contributed by atoms with Crippen LogP contribution in [0.25, 0.3) is 0 Å². The van der Waals surface area contributed by atoms with Gasteiger partial charge >= 0.3 is 5.97 Å². The zero-order valence-electron chi connectivity index (χ0n) is 11.6. The van der Waals surface area contributed by atoms with Crippen molar-refractivity contribution in [3.05, 3.63) is 35.9 Å². The fourth-order valence-electron chi connectivity index (χ4n) is 2.57. The lowest BCUT2D eigenvalue weighted by atomic mass is 9.97. The quantitative estimate of drug-likeness (QED) is 0.613. The molecule has 1 saturated carbocycles. The standard InChI is InChI=1S/C15H19NO3/c1-4-16(2)13(17)15(14(18)19-3)10-12(15)11-8-6-5-7-9-11/h5-9,12H,4,10H2,1-3H3/t12-,15-/m1/s1. The zero-order chi connectivity index (χ0) is 14.0. The van der Waals surface area contributed by atoms with Gasteiger partial charge in [0.1, 0.15) is 0 Å². The van der Waals surface area contributed by atoms with Gasteiger partial charge in [-0.2, -0.15) is 0 Å². The minimum atomic E-state index is -1.01. The molecule has 4 heteroatoms. The molecule has 102 valence electrons. The number of methoxy groups -OCH3 is 1. The summed E-state index contributed by atoms with van der Waals surface area (Å²) in [7, 11) is 3.05. The van der Waals surface area contributed by atoms with E-state index in [-0.39, 0.29) is 11.8 Å². The Morgan fingerprint density at radius 2 is 2.00 bits per heavy atom. The second kappa shape index (κ2) is 5.03. The number of hydrogen-bond acceptors (Lipinski definition) is 3.